The second-order valence-corrected chi connectivity index (χ2v) is 3.61. The molecule has 0 aliphatic heterocycles. The second-order valence-electron chi connectivity index (χ2n) is 3.61. The van der Waals surface area contributed by atoms with Crippen molar-refractivity contribution in [1.82, 2.24) is 4.90 Å². The van der Waals surface area contributed by atoms with Crippen LogP contribution in [0.15, 0.2) is 23.2 Å². The largest absolute Gasteiger partial charge is 0.366 e. The van der Waals surface area contributed by atoms with Gasteiger partial charge in [-0.25, -0.2) is 4.99 Å². The van der Waals surface area contributed by atoms with Crippen LogP contribution in [-0.2, 0) is 0 Å². The van der Waals surface area contributed by atoms with Crippen molar-refractivity contribution in [3.05, 3.63) is 29.3 Å². The molecule has 0 radical (unpaired) electrons. The van der Waals surface area contributed by atoms with Crippen molar-refractivity contribution in [2.45, 2.75) is 20.8 Å². The van der Waals surface area contributed by atoms with Gasteiger partial charge in [0.25, 0.3) is 0 Å². The molecule has 0 heterocycles. The summed E-state index contributed by atoms with van der Waals surface area (Å²) in [6.45, 7) is 7.25. The van der Waals surface area contributed by atoms with Crippen LogP contribution in [0.5, 0.6) is 0 Å². The molecule has 0 N–H and O–H groups in total. The first-order chi connectivity index (χ1) is 6.63. The Labute approximate surface area is 98.4 Å². The van der Waals surface area contributed by atoms with Crippen molar-refractivity contribution in [2.75, 3.05) is 13.6 Å². The van der Waals surface area contributed by atoms with E-state index < -0.39 is 0 Å². The summed E-state index contributed by atoms with van der Waals surface area (Å²) in [5.41, 5.74) is 3.53. The predicted octanol–water partition coefficient (Wildman–Crippen LogP) is 3.34. The maximum absolute atomic E-state index is 4.44. The smallest absolute Gasteiger partial charge is 0.0909 e. The lowest BCUT2D eigenvalue weighted by Gasteiger charge is -2.09. The minimum Gasteiger partial charge on any atom is -0.366 e. The third-order valence-corrected chi connectivity index (χ3v) is 2.26. The maximum Gasteiger partial charge on any atom is 0.0909 e. The number of halogens is 1. The van der Waals surface area contributed by atoms with E-state index in [0.29, 0.717) is 0 Å². The molecule has 0 fully saturated rings. The van der Waals surface area contributed by atoms with Crippen LogP contribution >= 0.6 is 12.4 Å². The molecule has 0 unspecified atom stereocenters. The lowest BCUT2D eigenvalue weighted by atomic mass is 10.1. The van der Waals surface area contributed by atoms with E-state index in [1.165, 1.54) is 11.1 Å². The van der Waals surface area contributed by atoms with Crippen LogP contribution in [0.3, 0.4) is 0 Å². The van der Waals surface area contributed by atoms with Gasteiger partial charge in [0, 0.05) is 13.6 Å². The Kier molecular flexibility index (Phi) is 6.02. The Balaban J connectivity index is 0.00000196. The lowest BCUT2D eigenvalue weighted by molar-refractivity contribution is 0.552. The molecule has 0 atom stereocenters. The Morgan fingerprint density at radius 1 is 1.33 bits per heavy atom. The molecule has 0 saturated heterocycles. The van der Waals surface area contributed by atoms with Crippen LogP contribution in [0.4, 0.5) is 5.69 Å². The summed E-state index contributed by atoms with van der Waals surface area (Å²) in [4.78, 5) is 6.50. The first-order valence-electron chi connectivity index (χ1n) is 4.95. The van der Waals surface area contributed by atoms with Gasteiger partial charge in [0.05, 0.1) is 12.0 Å². The van der Waals surface area contributed by atoms with Crippen molar-refractivity contribution in [3.63, 3.8) is 0 Å². The number of aliphatic imine (C=N–C) groups is 1. The summed E-state index contributed by atoms with van der Waals surface area (Å²) >= 11 is 0. The van der Waals surface area contributed by atoms with Gasteiger partial charge in [0.1, 0.15) is 0 Å². The number of benzene rings is 1. The van der Waals surface area contributed by atoms with Crippen LogP contribution in [0.1, 0.15) is 18.1 Å². The van der Waals surface area contributed by atoms with Gasteiger partial charge in [-0.15, -0.1) is 12.4 Å². The van der Waals surface area contributed by atoms with E-state index in [-0.39, 0.29) is 12.4 Å². The third-order valence-electron chi connectivity index (χ3n) is 2.26. The molecule has 2 nitrogen and oxygen atoms in total. The maximum atomic E-state index is 4.44. The Bertz CT molecular complexity index is 334. The van der Waals surface area contributed by atoms with Crippen LogP contribution in [0.25, 0.3) is 0 Å². The summed E-state index contributed by atoms with van der Waals surface area (Å²) in [6.07, 6.45) is 1.88. The van der Waals surface area contributed by atoms with E-state index in [0.717, 1.165) is 12.2 Å². The first-order valence-corrected chi connectivity index (χ1v) is 4.95. The number of hydrogen-bond donors (Lipinski definition) is 0. The first kappa shape index (κ1) is 14.0. The highest BCUT2D eigenvalue weighted by Gasteiger charge is 1.95. The minimum atomic E-state index is 0. The zero-order valence-electron chi connectivity index (χ0n) is 9.82. The minimum absolute atomic E-state index is 0. The molecule has 1 aromatic carbocycles. The SMILES string of the molecule is CCN(C)C=Nc1cc(C)ccc1C.Cl. The van der Waals surface area contributed by atoms with E-state index >= 15 is 0 Å². The van der Waals surface area contributed by atoms with Gasteiger partial charge in [-0.1, -0.05) is 12.1 Å². The molecule has 0 bridgehead atoms. The predicted molar refractivity (Wildman–Crippen MR) is 69.6 cm³/mol. The van der Waals surface area contributed by atoms with Gasteiger partial charge in [-0.05, 0) is 38.0 Å². The molecule has 0 saturated carbocycles. The summed E-state index contributed by atoms with van der Waals surface area (Å²) in [6, 6.07) is 6.32. The van der Waals surface area contributed by atoms with Gasteiger partial charge in [-0.3, -0.25) is 0 Å². The second kappa shape index (κ2) is 6.46. The van der Waals surface area contributed by atoms with Crippen molar-refractivity contribution >= 4 is 24.4 Å². The zero-order valence-corrected chi connectivity index (χ0v) is 10.6. The normalized spacial score (nSPS) is 10.1. The fourth-order valence-corrected chi connectivity index (χ4v) is 1.10. The van der Waals surface area contributed by atoms with Gasteiger partial charge in [0.15, 0.2) is 0 Å². The third kappa shape index (κ3) is 4.34. The Hall–Kier alpha value is -1.02. The van der Waals surface area contributed by atoms with Crippen LogP contribution in [0, 0.1) is 13.8 Å². The number of nitrogens with zero attached hydrogens (tertiary/aromatic N) is 2. The topological polar surface area (TPSA) is 15.6 Å². The van der Waals surface area contributed by atoms with Crippen molar-refractivity contribution in [3.8, 4) is 0 Å². The van der Waals surface area contributed by atoms with E-state index in [1.54, 1.807) is 0 Å². The van der Waals surface area contributed by atoms with E-state index in [1.807, 2.05) is 13.4 Å². The van der Waals surface area contributed by atoms with Gasteiger partial charge < -0.3 is 4.90 Å². The molecule has 0 spiro atoms. The molecule has 3 heteroatoms. The Morgan fingerprint density at radius 3 is 2.60 bits per heavy atom. The molecule has 15 heavy (non-hydrogen) atoms. The average Bonchev–Trinajstić information content (AvgIpc) is 2.19. The fourth-order valence-electron chi connectivity index (χ4n) is 1.10. The highest BCUT2D eigenvalue weighted by molar-refractivity contribution is 5.85. The van der Waals surface area contributed by atoms with Crippen molar-refractivity contribution < 1.29 is 0 Å². The molecular weight excluding hydrogens is 208 g/mol. The fraction of sp³-hybridized carbons (Fsp3) is 0.417. The molecule has 0 aliphatic carbocycles. The average molecular weight is 227 g/mol. The van der Waals surface area contributed by atoms with Crippen LogP contribution in [-0.4, -0.2) is 24.8 Å². The molecule has 1 rings (SSSR count). The molecule has 0 amide bonds. The quantitative estimate of drug-likeness (QED) is 0.570. The van der Waals surface area contributed by atoms with E-state index in [9.17, 15) is 0 Å². The van der Waals surface area contributed by atoms with Gasteiger partial charge in [-0.2, -0.15) is 0 Å². The molecule has 0 aliphatic rings. The molecular formula is C12H19ClN2. The van der Waals surface area contributed by atoms with E-state index in [2.05, 4.69) is 48.9 Å². The number of rotatable bonds is 3. The van der Waals surface area contributed by atoms with E-state index in [4.69, 9.17) is 0 Å². The lowest BCUT2D eigenvalue weighted by Crippen LogP contribution is -2.14. The molecule has 0 aromatic heterocycles. The number of hydrogen-bond acceptors (Lipinski definition) is 1. The van der Waals surface area contributed by atoms with Crippen molar-refractivity contribution in [2.24, 2.45) is 4.99 Å². The van der Waals surface area contributed by atoms with Gasteiger partial charge in [0.2, 0.25) is 0 Å². The number of aryl methyl sites for hydroxylation is 2. The summed E-state index contributed by atoms with van der Waals surface area (Å²) in [5.74, 6) is 0. The molecule has 84 valence electrons. The Morgan fingerprint density at radius 2 is 2.00 bits per heavy atom. The zero-order chi connectivity index (χ0) is 10.6. The summed E-state index contributed by atoms with van der Waals surface area (Å²) in [5, 5.41) is 0. The van der Waals surface area contributed by atoms with Crippen molar-refractivity contribution in [1.29, 1.82) is 0 Å². The summed E-state index contributed by atoms with van der Waals surface area (Å²) < 4.78 is 0. The van der Waals surface area contributed by atoms with Gasteiger partial charge >= 0.3 is 0 Å². The molecule has 1 aromatic rings. The standard InChI is InChI=1S/C12H18N2.ClH/c1-5-14(4)9-13-12-8-10(2)6-7-11(12)3;/h6-9H,5H2,1-4H3;1H. The monoisotopic (exact) mass is 226 g/mol. The highest BCUT2D eigenvalue weighted by atomic mass is 35.5. The highest BCUT2D eigenvalue weighted by Crippen LogP contribution is 2.19. The van der Waals surface area contributed by atoms with Crippen LogP contribution < -0.4 is 0 Å². The van der Waals surface area contributed by atoms with Crippen LogP contribution in [0.2, 0.25) is 0 Å². The summed E-state index contributed by atoms with van der Waals surface area (Å²) in [7, 11) is 2.02.